The van der Waals surface area contributed by atoms with Crippen molar-refractivity contribution in [1.29, 1.82) is 0 Å². The number of carbonyl (C=O) groups excluding carboxylic acids is 1. The van der Waals surface area contributed by atoms with E-state index in [9.17, 15) is 4.79 Å². The van der Waals surface area contributed by atoms with Crippen LogP contribution in [0.5, 0.6) is 0 Å². The zero-order valence-corrected chi connectivity index (χ0v) is 10.4. The summed E-state index contributed by atoms with van der Waals surface area (Å²) in [7, 11) is 5.44. The number of nitrogens with one attached hydrogen (secondary N) is 1. The summed E-state index contributed by atoms with van der Waals surface area (Å²) in [4.78, 5) is 13.7. The van der Waals surface area contributed by atoms with E-state index in [0.717, 1.165) is 26.1 Å². The predicted octanol–water partition coefficient (Wildman–Crippen LogP) is -0.284. The molecular formula is C11H22N2O3. The number of likely N-dealkylation sites (N-methyl/N-ethyl adjacent to an activating group) is 1. The lowest BCUT2D eigenvalue weighted by Gasteiger charge is -2.22. The van der Waals surface area contributed by atoms with Crippen LogP contribution in [-0.4, -0.2) is 64.4 Å². The van der Waals surface area contributed by atoms with Crippen LogP contribution in [0.2, 0.25) is 0 Å². The molecule has 0 aliphatic carbocycles. The Kier molecular flexibility index (Phi) is 5.73. The Labute approximate surface area is 97.1 Å². The number of carbonyl (C=O) groups is 1. The van der Waals surface area contributed by atoms with Gasteiger partial charge in [-0.15, -0.1) is 0 Å². The first-order valence-electron chi connectivity index (χ1n) is 5.69. The van der Waals surface area contributed by atoms with Gasteiger partial charge in [0.15, 0.2) is 0 Å². The van der Waals surface area contributed by atoms with E-state index in [1.54, 1.807) is 0 Å². The second-order valence-corrected chi connectivity index (χ2v) is 4.38. The molecule has 94 valence electrons. The lowest BCUT2D eigenvalue weighted by Crippen LogP contribution is -2.46. The van der Waals surface area contributed by atoms with E-state index in [1.807, 2.05) is 14.1 Å². The van der Waals surface area contributed by atoms with Crippen LogP contribution in [0.3, 0.4) is 0 Å². The normalized spacial score (nSPS) is 22.4. The summed E-state index contributed by atoms with van der Waals surface area (Å²) >= 11 is 0. The first kappa shape index (κ1) is 13.4. The van der Waals surface area contributed by atoms with E-state index in [4.69, 9.17) is 9.47 Å². The van der Waals surface area contributed by atoms with Crippen LogP contribution in [0.4, 0.5) is 0 Å². The fraction of sp³-hybridized carbons (Fsp3) is 0.909. The van der Waals surface area contributed by atoms with E-state index < -0.39 is 0 Å². The smallest absolute Gasteiger partial charge is 0.323 e. The van der Waals surface area contributed by atoms with Crippen LogP contribution in [0.25, 0.3) is 0 Å². The quantitative estimate of drug-likeness (QED) is 0.636. The molecule has 0 aromatic rings. The van der Waals surface area contributed by atoms with Gasteiger partial charge in [-0.25, -0.2) is 0 Å². The third-order valence-corrected chi connectivity index (χ3v) is 2.81. The van der Waals surface area contributed by atoms with Crippen molar-refractivity contribution in [2.24, 2.45) is 5.92 Å². The number of esters is 1. The van der Waals surface area contributed by atoms with Gasteiger partial charge in [0, 0.05) is 25.6 Å². The molecular weight excluding hydrogens is 208 g/mol. The molecule has 1 aliphatic rings. The predicted molar refractivity (Wildman–Crippen MR) is 61.3 cm³/mol. The minimum absolute atomic E-state index is 0.186. The van der Waals surface area contributed by atoms with Crippen molar-refractivity contribution in [1.82, 2.24) is 10.2 Å². The van der Waals surface area contributed by atoms with E-state index in [1.165, 1.54) is 7.11 Å². The lowest BCUT2D eigenvalue weighted by molar-refractivity contribution is -0.144. The SMILES string of the molecule is COC(=O)C(NCCN(C)C)C1CCOC1. The molecule has 0 bridgehead atoms. The highest BCUT2D eigenvalue weighted by Gasteiger charge is 2.31. The molecule has 0 amide bonds. The summed E-state index contributed by atoms with van der Waals surface area (Å²) in [6.45, 7) is 3.08. The molecule has 1 N–H and O–H groups in total. The van der Waals surface area contributed by atoms with Crippen molar-refractivity contribution in [2.75, 3.05) is 47.5 Å². The molecule has 1 heterocycles. The largest absolute Gasteiger partial charge is 0.468 e. The summed E-state index contributed by atoms with van der Waals surface area (Å²) in [5.74, 6) is 0.0591. The molecule has 5 nitrogen and oxygen atoms in total. The zero-order chi connectivity index (χ0) is 12.0. The van der Waals surface area contributed by atoms with Crippen molar-refractivity contribution in [2.45, 2.75) is 12.5 Å². The summed E-state index contributed by atoms with van der Waals surface area (Å²) in [6.07, 6.45) is 0.925. The van der Waals surface area contributed by atoms with E-state index >= 15 is 0 Å². The van der Waals surface area contributed by atoms with Crippen molar-refractivity contribution >= 4 is 5.97 Å². The Morgan fingerprint density at radius 3 is 2.88 bits per heavy atom. The average molecular weight is 230 g/mol. The molecule has 2 unspecified atom stereocenters. The Bertz CT molecular complexity index is 215. The minimum Gasteiger partial charge on any atom is -0.468 e. The maximum Gasteiger partial charge on any atom is 0.323 e. The first-order chi connectivity index (χ1) is 7.65. The van der Waals surface area contributed by atoms with E-state index in [-0.39, 0.29) is 17.9 Å². The van der Waals surface area contributed by atoms with Gasteiger partial charge in [0.2, 0.25) is 0 Å². The van der Waals surface area contributed by atoms with Gasteiger partial charge in [0.05, 0.1) is 13.7 Å². The first-order valence-corrected chi connectivity index (χ1v) is 5.69. The second-order valence-electron chi connectivity index (χ2n) is 4.38. The topological polar surface area (TPSA) is 50.8 Å². The number of rotatable bonds is 6. The average Bonchev–Trinajstić information content (AvgIpc) is 2.76. The second kappa shape index (κ2) is 6.83. The van der Waals surface area contributed by atoms with Gasteiger partial charge in [-0.3, -0.25) is 4.79 Å². The third-order valence-electron chi connectivity index (χ3n) is 2.81. The molecule has 0 spiro atoms. The lowest BCUT2D eigenvalue weighted by atomic mass is 9.99. The Hall–Kier alpha value is -0.650. The van der Waals surface area contributed by atoms with Gasteiger partial charge in [-0.2, -0.15) is 0 Å². The molecule has 2 atom stereocenters. The van der Waals surface area contributed by atoms with Gasteiger partial charge in [0.1, 0.15) is 6.04 Å². The molecule has 0 aromatic carbocycles. The standard InChI is InChI=1S/C11H22N2O3/c1-13(2)6-5-12-10(11(14)15-3)9-4-7-16-8-9/h9-10,12H,4-8H2,1-3H3. The van der Waals surface area contributed by atoms with Gasteiger partial charge < -0.3 is 19.7 Å². The van der Waals surface area contributed by atoms with Crippen LogP contribution < -0.4 is 5.32 Å². The highest BCUT2D eigenvalue weighted by Crippen LogP contribution is 2.17. The monoisotopic (exact) mass is 230 g/mol. The van der Waals surface area contributed by atoms with Crippen LogP contribution in [-0.2, 0) is 14.3 Å². The molecule has 5 heteroatoms. The number of hydrogen-bond donors (Lipinski definition) is 1. The summed E-state index contributed by atoms with van der Waals surface area (Å²) < 4.78 is 10.1. The van der Waals surface area contributed by atoms with Crippen molar-refractivity contribution in [3.8, 4) is 0 Å². The summed E-state index contributed by atoms with van der Waals surface area (Å²) in [5, 5.41) is 3.25. The summed E-state index contributed by atoms with van der Waals surface area (Å²) in [5.41, 5.74) is 0. The van der Waals surface area contributed by atoms with Crippen molar-refractivity contribution in [3.05, 3.63) is 0 Å². The molecule has 1 fully saturated rings. The molecule has 0 aromatic heterocycles. The van der Waals surface area contributed by atoms with Crippen molar-refractivity contribution < 1.29 is 14.3 Å². The Morgan fingerprint density at radius 2 is 2.38 bits per heavy atom. The van der Waals surface area contributed by atoms with E-state index in [0.29, 0.717) is 6.61 Å². The summed E-state index contributed by atoms with van der Waals surface area (Å²) in [6, 6.07) is -0.229. The van der Waals surface area contributed by atoms with Crippen LogP contribution in [0.15, 0.2) is 0 Å². The number of nitrogens with zero attached hydrogens (tertiary/aromatic N) is 1. The highest BCUT2D eigenvalue weighted by molar-refractivity contribution is 5.76. The third kappa shape index (κ3) is 4.08. The minimum atomic E-state index is -0.229. The number of hydrogen-bond acceptors (Lipinski definition) is 5. The van der Waals surface area contributed by atoms with Gasteiger partial charge >= 0.3 is 5.97 Å². The molecule has 16 heavy (non-hydrogen) atoms. The van der Waals surface area contributed by atoms with Gasteiger partial charge in [0.25, 0.3) is 0 Å². The fourth-order valence-electron chi connectivity index (χ4n) is 1.83. The molecule has 1 saturated heterocycles. The number of methoxy groups -OCH3 is 1. The fourth-order valence-corrected chi connectivity index (χ4v) is 1.83. The van der Waals surface area contributed by atoms with Gasteiger partial charge in [-0.05, 0) is 20.5 Å². The van der Waals surface area contributed by atoms with Crippen molar-refractivity contribution in [3.63, 3.8) is 0 Å². The van der Waals surface area contributed by atoms with Crippen LogP contribution in [0, 0.1) is 5.92 Å². The van der Waals surface area contributed by atoms with Crippen LogP contribution >= 0.6 is 0 Å². The zero-order valence-electron chi connectivity index (χ0n) is 10.4. The maximum absolute atomic E-state index is 11.6. The molecule has 1 aliphatic heterocycles. The Morgan fingerprint density at radius 1 is 1.62 bits per heavy atom. The molecule has 0 radical (unpaired) electrons. The number of ether oxygens (including phenoxy) is 2. The van der Waals surface area contributed by atoms with Crippen LogP contribution in [0.1, 0.15) is 6.42 Å². The maximum atomic E-state index is 11.6. The molecule has 1 rings (SSSR count). The van der Waals surface area contributed by atoms with Gasteiger partial charge in [-0.1, -0.05) is 0 Å². The van der Waals surface area contributed by atoms with E-state index in [2.05, 4.69) is 10.2 Å². The Balaban J connectivity index is 2.40. The highest BCUT2D eigenvalue weighted by atomic mass is 16.5. The molecule has 0 saturated carbocycles.